The summed E-state index contributed by atoms with van der Waals surface area (Å²) in [6, 6.07) is 13.2. The van der Waals surface area contributed by atoms with Gasteiger partial charge in [0, 0.05) is 5.54 Å². The molecule has 0 fully saturated rings. The maximum absolute atomic E-state index is 6.63. The van der Waals surface area contributed by atoms with Crippen LogP contribution in [-0.4, -0.2) is 0 Å². The normalized spacial score (nSPS) is 14.1. The molecule has 0 saturated heterocycles. The number of hydrogen-bond acceptors (Lipinski definition) is 1. The first-order chi connectivity index (χ1) is 9.29. The summed E-state index contributed by atoms with van der Waals surface area (Å²) in [5, 5.41) is 0. The lowest BCUT2D eigenvalue weighted by Gasteiger charge is -2.28. The van der Waals surface area contributed by atoms with Gasteiger partial charge < -0.3 is 5.73 Å². The minimum atomic E-state index is -0.336. The number of benzene rings is 2. The maximum Gasteiger partial charge on any atom is 0.0424 e. The molecule has 0 amide bonds. The van der Waals surface area contributed by atoms with Gasteiger partial charge in [-0.15, -0.1) is 0 Å². The second-order valence-corrected chi connectivity index (χ2v) is 6.33. The van der Waals surface area contributed by atoms with Gasteiger partial charge in [-0.25, -0.2) is 0 Å². The Bertz CT molecular complexity index is 624. The predicted molar refractivity (Wildman–Crippen MR) is 87.1 cm³/mol. The molecule has 20 heavy (non-hydrogen) atoms. The Morgan fingerprint density at radius 3 is 2.15 bits per heavy atom. The molecule has 1 atom stereocenters. The van der Waals surface area contributed by atoms with E-state index in [1.807, 2.05) is 0 Å². The van der Waals surface area contributed by atoms with E-state index in [4.69, 9.17) is 5.73 Å². The molecule has 0 aliphatic carbocycles. The lowest BCUT2D eigenvalue weighted by atomic mass is 9.83. The topological polar surface area (TPSA) is 26.0 Å². The first-order valence-electron chi connectivity index (χ1n) is 7.22. The molecular formula is C19H25N. The summed E-state index contributed by atoms with van der Waals surface area (Å²) in [5.74, 6) is 0. The molecule has 0 bridgehead atoms. The fourth-order valence-electron chi connectivity index (χ4n) is 2.78. The minimum absolute atomic E-state index is 0.336. The van der Waals surface area contributed by atoms with Crippen LogP contribution in [0.1, 0.15) is 40.3 Å². The highest BCUT2D eigenvalue weighted by atomic mass is 14.7. The van der Waals surface area contributed by atoms with Crippen LogP contribution in [0.4, 0.5) is 0 Å². The summed E-state index contributed by atoms with van der Waals surface area (Å²) in [4.78, 5) is 0. The Morgan fingerprint density at radius 2 is 1.50 bits per heavy atom. The number of rotatable bonds is 3. The van der Waals surface area contributed by atoms with Gasteiger partial charge >= 0.3 is 0 Å². The summed E-state index contributed by atoms with van der Waals surface area (Å²) in [6.45, 7) is 10.7. The first kappa shape index (κ1) is 14.8. The second-order valence-electron chi connectivity index (χ2n) is 6.33. The average molecular weight is 267 g/mol. The number of aryl methyl sites for hydroxylation is 4. The molecule has 1 nitrogen and oxygen atoms in total. The van der Waals surface area contributed by atoms with Crippen molar-refractivity contribution >= 4 is 0 Å². The largest absolute Gasteiger partial charge is 0.321 e. The van der Waals surface area contributed by atoms with Gasteiger partial charge in [0.1, 0.15) is 0 Å². The van der Waals surface area contributed by atoms with Crippen molar-refractivity contribution in [2.24, 2.45) is 5.73 Å². The Labute approximate surface area is 122 Å². The zero-order valence-corrected chi connectivity index (χ0v) is 13.2. The van der Waals surface area contributed by atoms with E-state index in [2.05, 4.69) is 71.0 Å². The Balaban J connectivity index is 2.34. The Hall–Kier alpha value is -1.60. The molecule has 0 spiro atoms. The smallest absolute Gasteiger partial charge is 0.0424 e. The van der Waals surface area contributed by atoms with E-state index in [1.165, 1.54) is 33.4 Å². The van der Waals surface area contributed by atoms with Crippen LogP contribution in [0.25, 0.3) is 0 Å². The molecule has 1 unspecified atom stereocenters. The van der Waals surface area contributed by atoms with E-state index >= 15 is 0 Å². The third-order valence-corrected chi connectivity index (χ3v) is 4.15. The summed E-state index contributed by atoms with van der Waals surface area (Å²) < 4.78 is 0. The van der Waals surface area contributed by atoms with Crippen LogP contribution in [-0.2, 0) is 12.0 Å². The van der Waals surface area contributed by atoms with Gasteiger partial charge in [-0.1, -0.05) is 42.0 Å². The minimum Gasteiger partial charge on any atom is -0.321 e. The van der Waals surface area contributed by atoms with Gasteiger partial charge in [0.2, 0.25) is 0 Å². The third kappa shape index (κ3) is 3.10. The van der Waals surface area contributed by atoms with Crippen LogP contribution in [0.15, 0.2) is 36.4 Å². The molecule has 0 saturated carbocycles. The quantitative estimate of drug-likeness (QED) is 0.879. The second kappa shape index (κ2) is 5.41. The Kier molecular flexibility index (Phi) is 4.01. The third-order valence-electron chi connectivity index (χ3n) is 4.15. The van der Waals surface area contributed by atoms with Gasteiger partial charge in [0.25, 0.3) is 0 Å². The molecule has 0 aliphatic heterocycles. The molecule has 2 aromatic rings. The summed E-state index contributed by atoms with van der Waals surface area (Å²) in [7, 11) is 0. The molecule has 1 heteroatoms. The fraction of sp³-hybridized carbons (Fsp3) is 0.368. The van der Waals surface area contributed by atoms with Gasteiger partial charge in [0.05, 0.1) is 0 Å². The molecular weight excluding hydrogens is 242 g/mol. The SMILES string of the molecule is Cc1ccc(C)c(C(C)(N)Cc2ccc(C)c(C)c2)c1. The maximum atomic E-state index is 6.63. The van der Waals surface area contributed by atoms with E-state index in [1.54, 1.807) is 0 Å². The standard InChI is InChI=1S/C19H25N/c1-13-6-7-15(3)18(10-13)19(5,20)12-17-9-8-14(2)16(4)11-17/h6-11H,12,20H2,1-5H3. The first-order valence-corrected chi connectivity index (χ1v) is 7.22. The lowest BCUT2D eigenvalue weighted by molar-refractivity contribution is 0.488. The van der Waals surface area contributed by atoms with E-state index in [0.717, 1.165) is 6.42 Å². The van der Waals surface area contributed by atoms with Crippen molar-refractivity contribution in [1.82, 2.24) is 0 Å². The summed E-state index contributed by atoms with van der Waals surface area (Å²) >= 11 is 0. The van der Waals surface area contributed by atoms with Crippen LogP contribution >= 0.6 is 0 Å². The van der Waals surface area contributed by atoms with Crippen molar-refractivity contribution in [1.29, 1.82) is 0 Å². The van der Waals surface area contributed by atoms with Gasteiger partial charge in [-0.2, -0.15) is 0 Å². The lowest BCUT2D eigenvalue weighted by Crippen LogP contribution is -2.36. The highest BCUT2D eigenvalue weighted by Gasteiger charge is 2.23. The van der Waals surface area contributed by atoms with Crippen molar-refractivity contribution in [3.63, 3.8) is 0 Å². The van der Waals surface area contributed by atoms with E-state index in [0.29, 0.717) is 0 Å². The molecule has 0 aliphatic rings. The van der Waals surface area contributed by atoms with Crippen LogP contribution < -0.4 is 5.73 Å². The van der Waals surface area contributed by atoms with E-state index in [9.17, 15) is 0 Å². The van der Waals surface area contributed by atoms with Crippen molar-refractivity contribution < 1.29 is 0 Å². The molecule has 0 radical (unpaired) electrons. The molecule has 0 aromatic heterocycles. The van der Waals surface area contributed by atoms with Crippen molar-refractivity contribution in [2.75, 3.05) is 0 Å². The van der Waals surface area contributed by atoms with Gasteiger partial charge in [-0.05, 0) is 68.9 Å². The van der Waals surface area contributed by atoms with Crippen molar-refractivity contribution in [2.45, 2.75) is 46.6 Å². The highest BCUT2D eigenvalue weighted by molar-refractivity contribution is 5.38. The number of nitrogens with two attached hydrogens (primary N) is 1. The average Bonchev–Trinajstić information content (AvgIpc) is 2.36. The van der Waals surface area contributed by atoms with Crippen molar-refractivity contribution in [3.8, 4) is 0 Å². The monoisotopic (exact) mass is 267 g/mol. The predicted octanol–water partition coefficient (Wildman–Crippen LogP) is 4.34. The molecule has 2 rings (SSSR count). The van der Waals surface area contributed by atoms with Crippen LogP contribution in [0.3, 0.4) is 0 Å². The molecule has 106 valence electrons. The zero-order chi connectivity index (χ0) is 14.9. The molecule has 0 heterocycles. The van der Waals surface area contributed by atoms with Crippen LogP contribution in [0, 0.1) is 27.7 Å². The summed E-state index contributed by atoms with van der Waals surface area (Å²) in [5.41, 5.74) is 14.0. The van der Waals surface area contributed by atoms with Gasteiger partial charge in [-0.3, -0.25) is 0 Å². The zero-order valence-electron chi connectivity index (χ0n) is 13.2. The van der Waals surface area contributed by atoms with E-state index in [-0.39, 0.29) is 5.54 Å². The Morgan fingerprint density at radius 1 is 0.850 bits per heavy atom. The van der Waals surface area contributed by atoms with E-state index < -0.39 is 0 Å². The molecule has 2 aromatic carbocycles. The highest BCUT2D eigenvalue weighted by Crippen LogP contribution is 2.27. The molecule has 2 N–H and O–H groups in total. The number of hydrogen-bond donors (Lipinski definition) is 1. The van der Waals surface area contributed by atoms with Crippen LogP contribution in [0.5, 0.6) is 0 Å². The van der Waals surface area contributed by atoms with Crippen LogP contribution in [0.2, 0.25) is 0 Å². The van der Waals surface area contributed by atoms with Gasteiger partial charge in [0.15, 0.2) is 0 Å². The van der Waals surface area contributed by atoms with Crippen molar-refractivity contribution in [3.05, 3.63) is 69.8 Å². The summed E-state index contributed by atoms with van der Waals surface area (Å²) in [6.07, 6.45) is 0.860. The fourth-order valence-corrected chi connectivity index (χ4v) is 2.78.